The summed E-state index contributed by atoms with van der Waals surface area (Å²) in [6, 6.07) is 13.9. The minimum atomic E-state index is 0.661. The summed E-state index contributed by atoms with van der Waals surface area (Å²) >= 11 is 8.04. The number of imidazole rings is 1. The van der Waals surface area contributed by atoms with Crippen LogP contribution in [-0.2, 0) is 0 Å². The van der Waals surface area contributed by atoms with Crippen LogP contribution in [0.1, 0.15) is 0 Å². The number of fused-ring (bicyclic) bond motifs is 3. The standard InChI is InChI=1S/C17H13ClN4S/c1-23-12-7-5-11(6-8-12)20-16-17-19-9-10-22(17)15-13(18)3-2-4-14(15)21-16/h2-10H,1H3,(H,20,21). The van der Waals surface area contributed by atoms with Crippen molar-refractivity contribution in [2.45, 2.75) is 4.90 Å². The molecule has 4 nitrogen and oxygen atoms in total. The lowest BCUT2D eigenvalue weighted by Crippen LogP contribution is -2.00. The zero-order chi connectivity index (χ0) is 15.8. The fourth-order valence-electron chi connectivity index (χ4n) is 2.56. The Hall–Kier alpha value is -2.24. The van der Waals surface area contributed by atoms with Crippen LogP contribution in [0.3, 0.4) is 0 Å². The van der Waals surface area contributed by atoms with E-state index in [9.17, 15) is 0 Å². The van der Waals surface area contributed by atoms with Gasteiger partial charge in [0.25, 0.3) is 0 Å². The fraction of sp³-hybridized carbons (Fsp3) is 0.0588. The molecule has 2 aromatic carbocycles. The Labute approximate surface area is 142 Å². The van der Waals surface area contributed by atoms with Gasteiger partial charge in [-0.3, -0.25) is 4.40 Å². The van der Waals surface area contributed by atoms with Crippen LogP contribution in [0, 0.1) is 0 Å². The molecule has 114 valence electrons. The van der Waals surface area contributed by atoms with Crippen molar-refractivity contribution in [3.63, 3.8) is 0 Å². The topological polar surface area (TPSA) is 42.2 Å². The molecular formula is C17H13ClN4S. The molecule has 2 aromatic heterocycles. The van der Waals surface area contributed by atoms with Crippen LogP contribution in [0.5, 0.6) is 0 Å². The second-order valence-corrected chi connectivity index (χ2v) is 6.33. The molecule has 0 fully saturated rings. The minimum Gasteiger partial charge on any atom is -0.337 e. The van der Waals surface area contributed by atoms with Gasteiger partial charge in [-0.05, 0) is 42.7 Å². The maximum atomic E-state index is 6.33. The summed E-state index contributed by atoms with van der Waals surface area (Å²) in [5.41, 5.74) is 3.41. The Kier molecular flexibility index (Phi) is 3.59. The van der Waals surface area contributed by atoms with Crippen LogP contribution in [0.4, 0.5) is 11.5 Å². The number of halogens is 1. The number of hydrogen-bond donors (Lipinski definition) is 1. The number of benzene rings is 2. The van der Waals surface area contributed by atoms with E-state index in [4.69, 9.17) is 16.6 Å². The maximum Gasteiger partial charge on any atom is 0.180 e. The highest BCUT2D eigenvalue weighted by Gasteiger charge is 2.11. The van der Waals surface area contributed by atoms with Gasteiger partial charge in [0.1, 0.15) is 0 Å². The molecule has 0 aliphatic carbocycles. The molecule has 23 heavy (non-hydrogen) atoms. The number of anilines is 2. The van der Waals surface area contributed by atoms with Crippen LogP contribution in [0.2, 0.25) is 5.02 Å². The Balaban J connectivity index is 1.86. The molecule has 6 heteroatoms. The smallest absolute Gasteiger partial charge is 0.180 e. The highest BCUT2D eigenvalue weighted by atomic mass is 35.5. The quantitative estimate of drug-likeness (QED) is 0.533. The molecular weight excluding hydrogens is 328 g/mol. The number of rotatable bonds is 3. The van der Waals surface area contributed by atoms with Gasteiger partial charge in [-0.1, -0.05) is 17.7 Å². The highest BCUT2D eigenvalue weighted by Crippen LogP contribution is 2.28. The van der Waals surface area contributed by atoms with Crippen molar-refractivity contribution in [1.29, 1.82) is 0 Å². The van der Waals surface area contributed by atoms with E-state index in [-0.39, 0.29) is 0 Å². The van der Waals surface area contributed by atoms with Gasteiger partial charge in [-0.15, -0.1) is 11.8 Å². The van der Waals surface area contributed by atoms with Gasteiger partial charge >= 0.3 is 0 Å². The van der Waals surface area contributed by atoms with E-state index in [1.807, 2.05) is 40.9 Å². The van der Waals surface area contributed by atoms with Crippen molar-refractivity contribution in [3.05, 3.63) is 59.9 Å². The second kappa shape index (κ2) is 5.76. The summed E-state index contributed by atoms with van der Waals surface area (Å²) in [4.78, 5) is 10.3. The zero-order valence-electron chi connectivity index (χ0n) is 12.3. The lowest BCUT2D eigenvalue weighted by molar-refractivity contribution is 1.21. The summed E-state index contributed by atoms with van der Waals surface area (Å²) in [6.45, 7) is 0. The van der Waals surface area contributed by atoms with Crippen molar-refractivity contribution in [1.82, 2.24) is 14.4 Å². The van der Waals surface area contributed by atoms with Crippen molar-refractivity contribution in [2.24, 2.45) is 0 Å². The molecule has 1 N–H and O–H groups in total. The number of nitrogens with zero attached hydrogens (tertiary/aromatic N) is 3. The highest BCUT2D eigenvalue weighted by molar-refractivity contribution is 7.98. The third-order valence-corrected chi connectivity index (χ3v) is 4.69. The van der Waals surface area contributed by atoms with E-state index in [0.717, 1.165) is 22.4 Å². The SMILES string of the molecule is CSc1ccc(Nc2nc3cccc(Cl)c3n3ccnc23)cc1. The lowest BCUT2D eigenvalue weighted by Gasteiger charge is -2.10. The first kappa shape index (κ1) is 14.4. The summed E-state index contributed by atoms with van der Waals surface area (Å²) in [5.74, 6) is 0.710. The Bertz CT molecular complexity index is 995. The third-order valence-electron chi connectivity index (χ3n) is 3.64. The Morgan fingerprint density at radius 3 is 2.74 bits per heavy atom. The van der Waals surface area contributed by atoms with E-state index in [0.29, 0.717) is 10.8 Å². The van der Waals surface area contributed by atoms with Gasteiger partial charge in [0, 0.05) is 23.0 Å². The zero-order valence-corrected chi connectivity index (χ0v) is 13.9. The predicted octanol–water partition coefficient (Wildman–Crippen LogP) is 5.00. The molecule has 2 heterocycles. The lowest BCUT2D eigenvalue weighted by atomic mass is 10.3. The molecule has 0 aliphatic heterocycles. The van der Waals surface area contributed by atoms with Crippen molar-refractivity contribution in [2.75, 3.05) is 11.6 Å². The first-order chi connectivity index (χ1) is 11.3. The molecule has 0 radical (unpaired) electrons. The van der Waals surface area contributed by atoms with Crippen molar-refractivity contribution < 1.29 is 0 Å². The molecule has 0 aliphatic rings. The molecule has 4 aromatic rings. The number of aromatic nitrogens is 3. The summed E-state index contributed by atoms with van der Waals surface area (Å²) in [6.07, 6.45) is 5.71. The summed E-state index contributed by atoms with van der Waals surface area (Å²) in [5, 5.41) is 4.01. The van der Waals surface area contributed by atoms with Gasteiger partial charge in [-0.2, -0.15) is 0 Å². The molecule has 0 saturated carbocycles. The van der Waals surface area contributed by atoms with Crippen molar-refractivity contribution >= 4 is 51.5 Å². The van der Waals surface area contributed by atoms with Gasteiger partial charge in [0.05, 0.1) is 16.1 Å². The largest absolute Gasteiger partial charge is 0.337 e. The second-order valence-electron chi connectivity index (χ2n) is 5.04. The summed E-state index contributed by atoms with van der Waals surface area (Å²) in [7, 11) is 0. The molecule has 0 bridgehead atoms. The molecule has 0 amide bonds. The average molecular weight is 341 g/mol. The van der Waals surface area contributed by atoms with Gasteiger partial charge < -0.3 is 5.32 Å². The van der Waals surface area contributed by atoms with Crippen LogP contribution < -0.4 is 5.32 Å². The van der Waals surface area contributed by atoms with Gasteiger partial charge in [0.2, 0.25) is 0 Å². The maximum absolute atomic E-state index is 6.33. The molecule has 0 unspecified atom stereocenters. The van der Waals surface area contributed by atoms with E-state index >= 15 is 0 Å². The van der Waals surface area contributed by atoms with E-state index in [1.165, 1.54) is 4.90 Å². The first-order valence-corrected chi connectivity index (χ1v) is 8.69. The molecule has 4 rings (SSSR count). The number of para-hydroxylation sites is 1. The monoisotopic (exact) mass is 340 g/mol. The van der Waals surface area contributed by atoms with Crippen LogP contribution in [0.15, 0.2) is 59.8 Å². The van der Waals surface area contributed by atoms with Crippen molar-refractivity contribution in [3.8, 4) is 0 Å². The van der Waals surface area contributed by atoms with E-state index < -0.39 is 0 Å². The number of nitrogens with one attached hydrogen (secondary N) is 1. The van der Waals surface area contributed by atoms with E-state index in [1.54, 1.807) is 18.0 Å². The normalized spacial score (nSPS) is 11.2. The van der Waals surface area contributed by atoms with Crippen LogP contribution >= 0.6 is 23.4 Å². The Morgan fingerprint density at radius 1 is 1.13 bits per heavy atom. The minimum absolute atomic E-state index is 0.661. The van der Waals surface area contributed by atoms with Crippen LogP contribution in [0.25, 0.3) is 16.7 Å². The molecule has 0 atom stereocenters. The fourth-order valence-corrected chi connectivity index (χ4v) is 3.23. The van der Waals surface area contributed by atoms with E-state index in [2.05, 4.69) is 28.7 Å². The van der Waals surface area contributed by atoms with Gasteiger partial charge in [0.15, 0.2) is 11.5 Å². The first-order valence-electron chi connectivity index (χ1n) is 7.08. The molecule has 0 saturated heterocycles. The number of hydrogen-bond acceptors (Lipinski definition) is 4. The Morgan fingerprint density at radius 2 is 1.96 bits per heavy atom. The number of thioether (sulfide) groups is 1. The van der Waals surface area contributed by atoms with Gasteiger partial charge in [-0.25, -0.2) is 9.97 Å². The third kappa shape index (κ3) is 2.52. The average Bonchev–Trinajstić information content (AvgIpc) is 3.05. The predicted molar refractivity (Wildman–Crippen MR) is 97.0 cm³/mol. The molecule has 0 spiro atoms. The van der Waals surface area contributed by atoms with Crippen LogP contribution in [-0.4, -0.2) is 20.6 Å². The summed E-state index contributed by atoms with van der Waals surface area (Å²) < 4.78 is 1.96.